The predicted octanol–water partition coefficient (Wildman–Crippen LogP) is 2.66. The van der Waals surface area contributed by atoms with Crippen molar-refractivity contribution in [2.24, 2.45) is 0 Å². The Morgan fingerprint density at radius 3 is 2.71 bits per heavy atom. The van der Waals surface area contributed by atoms with E-state index in [9.17, 15) is 5.11 Å². The van der Waals surface area contributed by atoms with Crippen LogP contribution < -0.4 is 9.47 Å². The van der Waals surface area contributed by atoms with E-state index in [0.717, 1.165) is 0 Å². The summed E-state index contributed by atoms with van der Waals surface area (Å²) in [5.41, 5.74) is 0.661. The van der Waals surface area contributed by atoms with Gasteiger partial charge in [-0.3, -0.25) is 0 Å². The van der Waals surface area contributed by atoms with E-state index in [2.05, 4.69) is 10.1 Å². The van der Waals surface area contributed by atoms with Crippen LogP contribution in [0.5, 0.6) is 11.5 Å². The minimum absolute atomic E-state index is 0.125. The molecular weight excluding hydrogens is 272 g/mol. The summed E-state index contributed by atoms with van der Waals surface area (Å²) in [6.07, 6.45) is 0. The number of hydrogen-bond donors (Lipinski definition) is 1. The number of benzene rings is 1. The SMILES string of the molecule is CCOc1cccc(CO)c1OCc1noc(C(C)C)n1. The molecule has 6 heteroatoms. The van der Waals surface area contributed by atoms with E-state index in [4.69, 9.17) is 14.0 Å². The predicted molar refractivity (Wildman–Crippen MR) is 76.3 cm³/mol. The smallest absolute Gasteiger partial charge is 0.229 e. The standard InChI is InChI=1S/C15H20N2O4/c1-4-19-12-7-5-6-11(8-18)14(12)20-9-13-16-15(10(2)3)21-17-13/h5-7,10,18H,4,8-9H2,1-3H3. The number of rotatable bonds is 7. The Morgan fingerprint density at radius 2 is 2.10 bits per heavy atom. The van der Waals surface area contributed by atoms with Crippen LogP contribution in [0.4, 0.5) is 0 Å². The molecule has 0 bridgehead atoms. The Morgan fingerprint density at radius 1 is 1.29 bits per heavy atom. The van der Waals surface area contributed by atoms with Crippen molar-refractivity contribution in [3.05, 3.63) is 35.5 Å². The summed E-state index contributed by atoms with van der Waals surface area (Å²) < 4.78 is 16.4. The van der Waals surface area contributed by atoms with Gasteiger partial charge in [0.2, 0.25) is 11.7 Å². The Hall–Kier alpha value is -2.08. The van der Waals surface area contributed by atoms with Gasteiger partial charge in [0.1, 0.15) is 0 Å². The van der Waals surface area contributed by atoms with Crippen molar-refractivity contribution < 1.29 is 19.1 Å². The van der Waals surface area contributed by atoms with Crippen LogP contribution >= 0.6 is 0 Å². The van der Waals surface area contributed by atoms with Gasteiger partial charge in [-0.2, -0.15) is 4.98 Å². The Balaban J connectivity index is 2.14. The third-order valence-corrected chi connectivity index (χ3v) is 2.85. The zero-order chi connectivity index (χ0) is 15.2. The second-order valence-electron chi connectivity index (χ2n) is 4.83. The summed E-state index contributed by atoms with van der Waals surface area (Å²) in [7, 11) is 0. The lowest BCUT2D eigenvalue weighted by molar-refractivity contribution is 0.236. The molecule has 114 valence electrons. The van der Waals surface area contributed by atoms with Gasteiger partial charge in [-0.15, -0.1) is 0 Å². The molecule has 0 amide bonds. The van der Waals surface area contributed by atoms with Gasteiger partial charge < -0.3 is 19.1 Å². The number of aliphatic hydroxyl groups is 1. The van der Waals surface area contributed by atoms with Gasteiger partial charge in [-0.25, -0.2) is 0 Å². The molecule has 1 N–H and O–H groups in total. The van der Waals surface area contributed by atoms with Gasteiger partial charge in [-0.1, -0.05) is 31.1 Å². The Kier molecular flexibility index (Phi) is 5.16. The Labute approximate surface area is 123 Å². The molecule has 0 unspecified atom stereocenters. The first-order chi connectivity index (χ1) is 10.2. The molecule has 0 aliphatic rings. The second-order valence-corrected chi connectivity index (χ2v) is 4.83. The van der Waals surface area contributed by atoms with Crippen molar-refractivity contribution in [1.82, 2.24) is 10.1 Å². The average molecular weight is 292 g/mol. The first-order valence-electron chi connectivity index (χ1n) is 6.96. The molecule has 1 aromatic carbocycles. The van der Waals surface area contributed by atoms with Crippen LogP contribution in [0.3, 0.4) is 0 Å². The lowest BCUT2D eigenvalue weighted by Crippen LogP contribution is -2.04. The van der Waals surface area contributed by atoms with Gasteiger partial charge in [0.05, 0.1) is 13.2 Å². The summed E-state index contributed by atoms with van der Waals surface area (Å²) in [5, 5.41) is 13.3. The molecular formula is C15H20N2O4. The van der Waals surface area contributed by atoms with Crippen molar-refractivity contribution in [3.8, 4) is 11.5 Å². The molecule has 2 aromatic rings. The van der Waals surface area contributed by atoms with Crippen molar-refractivity contribution in [2.75, 3.05) is 6.61 Å². The molecule has 0 aliphatic carbocycles. The van der Waals surface area contributed by atoms with Crippen LogP contribution in [0.15, 0.2) is 22.7 Å². The monoisotopic (exact) mass is 292 g/mol. The topological polar surface area (TPSA) is 77.6 Å². The number of ether oxygens (including phenoxy) is 2. The van der Waals surface area contributed by atoms with Gasteiger partial charge in [0, 0.05) is 11.5 Å². The molecule has 0 aliphatic heterocycles. The largest absolute Gasteiger partial charge is 0.490 e. The normalized spacial score (nSPS) is 10.9. The van der Waals surface area contributed by atoms with Crippen molar-refractivity contribution >= 4 is 0 Å². The maximum atomic E-state index is 9.40. The van der Waals surface area contributed by atoms with Crippen molar-refractivity contribution in [2.45, 2.75) is 39.9 Å². The second kappa shape index (κ2) is 7.08. The molecule has 1 aromatic heterocycles. The fourth-order valence-electron chi connectivity index (χ4n) is 1.82. The zero-order valence-corrected chi connectivity index (χ0v) is 12.5. The number of para-hydroxylation sites is 1. The molecule has 0 fully saturated rings. The van der Waals surface area contributed by atoms with Gasteiger partial charge >= 0.3 is 0 Å². The highest BCUT2D eigenvalue weighted by molar-refractivity contribution is 5.46. The van der Waals surface area contributed by atoms with Crippen LogP contribution in [0.2, 0.25) is 0 Å². The summed E-state index contributed by atoms with van der Waals surface area (Å²) in [6.45, 7) is 6.40. The van der Waals surface area contributed by atoms with Crippen LogP contribution in [-0.4, -0.2) is 21.9 Å². The molecule has 0 spiro atoms. The minimum Gasteiger partial charge on any atom is -0.490 e. The molecule has 21 heavy (non-hydrogen) atoms. The zero-order valence-electron chi connectivity index (χ0n) is 12.5. The van der Waals surface area contributed by atoms with Crippen molar-refractivity contribution in [1.29, 1.82) is 0 Å². The number of aliphatic hydroxyl groups excluding tert-OH is 1. The van der Waals surface area contributed by atoms with Crippen LogP contribution in [0.1, 0.15) is 44.0 Å². The summed E-state index contributed by atoms with van der Waals surface area (Å²) >= 11 is 0. The fraction of sp³-hybridized carbons (Fsp3) is 0.467. The third kappa shape index (κ3) is 3.72. The summed E-state index contributed by atoms with van der Waals surface area (Å²) in [4.78, 5) is 4.25. The van der Waals surface area contributed by atoms with E-state index in [1.807, 2.05) is 26.8 Å². The lowest BCUT2D eigenvalue weighted by atomic mass is 10.2. The van der Waals surface area contributed by atoms with E-state index >= 15 is 0 Å². The third-order valence-electron chi connectivity index (χ3n) is 2.85. The number of nitrogens with zero attached hydrogens (tertiary/aromatic N) is 2. The first-order valence-corrected chi connectivity index (χ1v) is 6.96. The van der Waals surface area contributed by atoms with Gasteiger partial charge in [0.25, 0.3) is 0 Å². The van der Waals surface area contributed by atoms with E-state index in [1.165, 1.54) is 0 Å². The highest BCUT2D eigenvalue weighted by Crippen LogP contribution is 2.32. The van der Waals surface area contributed by atoms with Gasteiger partial charge in [-0.05, 0) is 13.0 Å². The van der Waals surface area contributed by atoms with Crippen molar-refractivity contribution in [3.63, 3.8) is 0 Å². The van der Waals surface area contributed by atoms with E-state index in [0.29, 0.717) is 35.4 Å². The lowest BCUT2D eigenvalue weighted by Gasteiger charge is -2.13. The van der Waals surface area contributed by atoms with E-state index in [1.54, 1.807) is 12.1 Å². The molecule has 0 atom stereocenters. The Bertz CT molecular complexity index is 581. The average Bonchev–Trinajstić information content (AvgIpc) is 2.95. The van der Waals surface area contributed by atoms with Crippen LogP contribution in [0, 0.1) is 0 Å². The summed E-state index contributed by atoms with van der Waals surface area (Å²) in [5.74, 6) is 2.33. The van der Waals surface area contributed by atoms with E-state index < -0.39 is 0 Å². The quantitative estimate of drug-likeness (QED) is 0.845. The molecule has 6 nitrogen and oxygen atoms in total. The molecule has 1 heterocycles. The first kappa shape index (κ1) is 15.3. The van der Waals surface area contributed by atoms with Gasteiger partial charge in [0.15, 0.2) is 18.1 Å². The summed E-state index contributed by atoms with van der Waals surface area (Å²) in [6, 6.07) is 5.40. The minimum atomic E-state index is -0.125. The molecule has 0 radical (unpaired) electrons. The highest BCUT2D eigenvalue weighted by atomic mass is 16.5. The molecule has 0 saturated heterocycles. The van der Waals surface area contributed by atoms with E-state index in [-0.39, 0.29) is 19.1 Å². The van der Waals surface area contributed by atoms with Crippen LogP contribution in [0.25, 0.3) is 0 Å². The number of aromatic nitrogens is 2. The highest BCUT2D eigenvalue weighted by Gasteiger charge is 2.14. The van der Waals surface area contributed by atoms with Crippen LogP contribution in [-0.2, 0) is 13.2 Å². The molecule has 2 rings (SSSR count). The maximum Gasteiger partial charge on any atom is 0.229 e. The number of hydrogen-bond acceptors (Lipinski definition) is 6. The fourth-order valence-corrected chi connectivity index (χ4v) is 1.82. The maximum absolute atomic E-state index is 9.40. The molecule has 0 saturated carbocycles.